The lowest BCUT2D eigenvalue weighted by Gasteiger charge is -2.32. The fraction of sp³-hybridized carbons (Fsp3) is 0.389. The number of piperidine rings is 1. The van der Waals surface area contributed by atoms with Crippen molar-refractivity contribution >= 4 is 5.69 Å². The van der Waals surface area contributed by atoms with Crippen LogP contribution in [0.2, 0.25) is 0 Å². The molecule has 1 N–H and O–H groups in total. The number of hydrogen-bond acceptors (Lipinski definition) is 5. The highest BCUT2D eigenvalue weighted by molar-refractivity contribution is 5.50. The Balaban J connectivity index is 1.49. The maximum Gasteiger partial charge on any atom is 0.147 e. The van der Waals surface area contributed by atoms with Gasteiger partial charge in [-0.2, -0.15) is 0 Å². The topological polar surface area (TPSA) is 46.6 Å². The van der Waals surface area contributed by atoms with Crippen LogP contribution in [-0.2, 0) is 0 Å². The molecule has 0 aliphatic carbocycles. The van der Waals surface area contributed by atoms with Gasteiger partial charge in [-0.1, -0.05) is 0 Å². The molecule has 2 bridgehead atoms. The number of hydrogen-bond donors (Lipinski definition) is 1. The molecule has 5 heteroatoms. The van der Waals surface area contributed by atoms with E-state index < -0.39 is 0 Å². The van der Waals surface area contributed by atoms with Crippen LogP contribution in [0.25, 0.3) is 0 Å². The number of nitrogens with zero attached hydrogens (tertiary/aromatic N) is 2. The van der Waals surface area contributed by atoms with Crippen LogP contribution in [0.4, 0.5) is 5.69 Å². The Hall–Kier alpha value is -2.27. The molecule has 2 aromatic rings. The van der Waals surface area contributed by atoms with Gasteiger partial charge in [-0.25, -0.2) is 0 Å². The minimum Gasteiger partial charge on any atom is -0.497 e. The Morgan fingerprint density at radius 3 is 2.70 bits per heavy atom. The second-order valence-corrected chi connectivity index (χ2v) is 6.27. The van der Waals surface area contributed by atoms with Gasteiger partial charge in [0.25, 0.3) is 0 Å². The van der Waals surface area contributed by atoms with E-state index in [9.17, 15) is 0 Å². The normalized spacial score (nSPS) is 22.9. The number of methoxy groups -OCH3 is 1. The molecule has 0 amide bonds. The number of fused-ring (bicyclic) bond motifs is 2. The molecule has 2 fully saturated rings. The second-order valence-electron chi connectivity index (χ2n) is 6.27. The number of nitrogens with one attached hydrogen (secondary N) is 1. The molecule has 5 nitrogen and oxygen atoms in total. The number of anilines is 1. The molecule has 23 heavy (non-hydrogen) atoms. The lowest BCUT2D eigenvalue weighted by Crippen LogP contribution is -2.41. The summed E-state index contributed by atoms with van der Waals surface area (Å²) in [5.74, 6) is 3.11. The van der Waals surface area contributed by atoms with Gasteiger partial charge in [-0.05, 0) is 36.6 Å². The third-order valence-corrected chi connectivity index (χ3v) is 4.59. The predicted octanol–water partition coefficient (Wildman–Crippen LogP) is 2.68. The van der Waals surface area contributed by atoms with Gasteiger partial charge in [0.05, 0.1) is 25.2 Å². The quantitative estimate of drug-likeness (QED) is 0.940. The van der Waals surface area contributed by atoms with Crippen LogP contribution >= 0.6 is 0 Å². The van der Waals surface area contributed by atoms with E-state index >= 15 is 0 Å². The summed E-state index contributed by atoms with van der Waals surface area (Å²) in [7, 11) is 1.66. The molecule has 120 valence electrons. The molecule has 2 unspecified atom stereocenters. The molecule has 2 saturated heterocycles. The molecule has 1 aromatic carbocycles. The molecule has 2 aliphatic heterocycles. The van der Waals surface area contributed by atoms with Crippen molar-refractivity contribution in [1.29, 1.82) is 0 Å². The van der Waals surface area contributed by atoms with Gasteiger partial charge in [0, 0.05) is 31.7 Å². The van der Waals surface area contributed by atoms with E-state index in [4.69, 9.17) is 9.47 Å². The summed E-state index contributed by atoms with van der Waals surface area (Å²) in [5.41, 5.74) is 1.13. The molecule has 2 aliphatic rings. The van der Waals surface area contributed by atoms with Gasteiger partial charge in [-0.3, -0.25) is 4.98 Å². The second kappa shape index (κ2) is 6.08. The smallest absolute Gasteiger partial charge is 0.147 e. The van der Waals surface area contributed by atoms with E-state index in [1.54, 1.807) is 13.3 Å². The standard InChI is InChI=1S/C18H21N3O2/c1-22-16-2-4-17(5-3-16)23-18-7-15(9-19-10-18)21-11-13-6-14(12-21)20-8-13/h2-5,7,9-10,13-14,20H,6,8,11-12H2,1H3. The van der Waals surface area contributed by atoms with Crippen LogP contribution < -0.4 is 19.7 Å². The summed E-state index contributed by atoms with van der Waals surface area (Å²) in [6.45, 7) is 3.28. The van der Waals surface area contributed by atoms with E-state index in [0.29, 0.717) is 6.04 Å². The first-order valence-electron chi connectivity index (χ1n) is 8.05. The summed E-state index contributed by atoms with van der Waals surface area (Å²) in [4.78, 5) is 6.76. The summed E-state index contributed by atoms with van der Waals surface area (Å²) in [6.07, 6.45) is 4.97. The number of rotatable bonds is 4. The number of benzene rings is 1. The van der Waals surface area contributed by atoms with Crippen LogP contribution in [0.3, 0.4) is 0 Å². The summed E-state index contributed by atoms with van der Waals surface area (Å²) >= 11 is 0. The SMILES string of the molecule is COc1ccc(Oc2cncc(N3CC4CNC(C4)C3)c2)cc1. The highest BCUT2D eigenvalue weighted by Gasteiger charge is 2.32. The van der Waals surface area contributed by atoms with Crippen molar-refractivity contribution in [2.45, 2.75) is 12.5 Å². The Labute approximate surface area is 136 Å². The minimum atomic E-state index is 0.611. The van der Waals surface area contributed by atoms with Crippen molar-refractivity contribution < 1.29 is 9.47 Å². The minimum absolute atomic E-state index is 0.611. The van der Waals surface area contributed by atoms with Crippen LogP contribution in [0.15, 0.2) is 42.7 Å². The van der Waals surface area contributed by atoms with Gasteiger partial charge in [0.2, 0.25) is 0 Å². The predicted molar refractivity (Wildman–Crippen MR) is 89.4 cm³/mol. The van der Waals surface area contributed by atoms with Crippen molar-refractivity contribution in [3.05, 3.63) is 42.7 Å². The molecule has 2 atom stereocenters. The van der Waals surface area contributed by atoms with Gasteiger partial charge < -0.3 is 19.7 Å². The fourth-order valence-electron chi connectivity index (χ4n) is 3.46. The Morgan fingerprint density at radius 2 is 1.91 bits per heavy atom. The molecule has 4 rings (SSSR count). The summed E-state index contributed by atoms with van der Waals surface area (Å²) in [5, 5.41) is 3.58. The Morgan fingerprint density at radius 1 is 1.09 bits per heavy atom. The van der Waals surface area contributed by atoms with Crippen LogP contribution in [-0.4, -0.2) is 37.8 Å². The van der Waals surface area contributed by atoms with Crippen molar-refractivity contribution in [2.75, 3.05) is 31.6 Å². The highest BCUT2D eigenvalue weighted by atomic mass is 16.5. The molecule has 0 saturated carbocycles. The van der Waals surface area contributed by atoms with E-state index in [-0.39, 0.29) is 0 Å². The Kier molecular flexibility index (Phi) is 3.79. The average molecular weight is 311 g/mol. The highest BCUT2D eigenvalue weighted by Crippen LogP contribution is 2.30. The summed E-state index contributed by atoms with van der Waals surface area (Å²) in [6, 6.07) is 10.3. The molecule has 0 radical (unpaired) electrons. The van der Waals surface area contributed by atoms with Crippen LogP contribution in [0.5, 0.6) is 17.2 Å². The van der Waals surface area contributed by atoms with E-state index in [1.165, 1.54) is 6.42 Å². The first-order valence-corrected chi connectivity index (χ1v) is 8.05. The lowest BCUT2D eigenvalue weighted by atomic mass is 10.00. The van der Waals surface area contributed by atoms with Crippen molar-refractivity contribution in [2.24, 2.45) is 5.92 Å². The first kappa shape index (κ1) is 14.3. The number of aromatic nitrogens is 1. The lowest BCUT2D eigenvalue weighted by molar-refractivity contribution is 0.412. The van der Waals surface area contributed by atoms with Crippen LogP contribution in [0, 0.1) is 5.92 Å². The zero-order chi connectivity index (χ0) is 15.6. The number of pyridine rings is 1. The van der Waals surface area contributed by atoms with Crippen LogP contribution in [0.1, 0.15) is 6.42 Å². The summed E-state index contributed by atoms with van der Waals surface area (Å²) < 4.78 is 11.1. The third-order valence-electron chi connectivity index (χ3n) is 4.59. The molecule has 0 spiro atoms. The largest absolute Gasteiger partial charge is 0.497 e. The zero-order valence-electron chi connectivity index (χ0n) is 13.2. The van der Waals surface area contributed by atoms with Gasteiger partial charge in [-0.15, -0.1) is 0 Å². The van der Waals surface area contributed by atoms with Gasteiger partial charge in [0.15, 0.2) is 0 Å². The van der Waals surface area contributed by atoms with Gasteiger partial charge >= 0.3 is 0 Å². The van der Waals surface area contributed by atoms with Gasteiger partial charge in [0.1, 0.15) is 17.2 Å². The first-order chi connectivity index (χ1) is 11.3. The fourth-order valence-corrected chi connectivity index (χ4v) is 3.46. The molecule has 3 heterocycles. The number of ether oxygens (including phenoxy) is 2. The molecule has 1 aromatic heterocycles. The Bertz CT molecular complexity index is 662. The third kappa shape index (κ3) is 3.10. The molecular formula is C18H21N3O2. The van der Waals surface area contributed by atoms with Crippen molar-refractivity contribution in [3.63, 3.8) is 0 Å². The maximum atomic E-state index is 5.92. The monoisotopic (exact) mass is 311 g/mol. The van der Waals surface area contributed by atoms with Crippen molar-refractivity contribution in [1.82, 2.24) is 10.3 Å². The average Bonchev–Trinajstić information content (AvgIpc) is 2.94. The zero-order valence-corrected chi connectivity index (χ0v) is 13.2. The van der Waals surface area contributed by atoms with Crippen molar-refractivity contribution in [3.8, 4) is 17.2 Å². The molecular weight excluding hydrogens is 290 g/mol. The van der Waals surface area contributed by atoms with E-state index in [2.05, 4.69) is 21.3 Å². The van der Waals surface area contributed by atoms with E-state index in [0.717, 1.165) is 48.5 Å². The maximum absolute atomic E-state index is 5.92. The van der Waals surface area contributed by atoms with E-state index in [1.807, 2.05) is 30.5 Å².